The number of pyridine rings is 1. The smallest absolute Gasteiger partial charge is 0.137 e. The molecule has 3 rings (SSSR count). The van der Waals surface area contributed by atoms with Crippen LogP contribution in [0.25, 0.3) is 16.9 Å². The third-order valence-electron chi connectivity index (χ3n) is 3.20. The standard InChI is InChI=1S/C15H15N3/c1-10-7-8-18-11(2)15(17-14(18)9-10)12-3-5-13(16)6-4-12/h3-9H,16H2,1-2H3. The van der Waals surface area contributed by atoms with E-state index in [-0.39, 0.29) is 0 Å². The number of fused-ring (bicyclic) bond motifs is 1. The Morgan fingerprint density at radius 3 is 2.50 bits per heavy atom. The Morgan fingerprint density at radius 1 is 1.06 bits per heavy atom. The molecule has 2 aromatic heterocycles. The summed E-state index contributed by atoms with van der Waals surface area (Å²) in [5.41, 5.74) is 12.0. The van der Waals surface area contributed by atoms with Crippen LogP contribution < -0.4 is 5.73 Å². The van der Waals surface area contributed by atoms with Gasteiger partial charge in [0.15, 0.2) is 0 Å². The van der Waals surface area contributed by atoms with Crippen molar-refractivity contribution < 1.29 is 0 Å². The number of imidazole rings is 1. The Bertz CT molecular complexity index is 708. The molecule has 3 nitrogen and oxygen atoms in total. The molecule has 2 N–H and O–H groups in total. The topological polar surface area (TPSA) is 43.3 Å². The van der Waals surface area contributed by atoms with Gasteiger partial charge in [-0.15, -0.1) is 0 Å². The van der Waals surface area contributed by atoms with E-state index in [1.165, 1.54) is 5.56 Å². The second kappa shape index (κ2) is 3.88. The first-order valence-electron chi connectivity index (χ1n) is 5.96. The Morgan fingerprint density at radius 2 is 1.78 bits per heavy atom. The van der Waals surface area contributed by atoms with Crippen molar-refractivity contribution in [3.63, 3.8) is 0 Å². The summed E-state index contributed by atoms with van der Waals surface area (Å²) < 4.78 is 2.11. The normalized spacial score (nSPS) is 11.0. The SMILES string of the molecule is Cc1ccn2c(C)c(-c3ccc(N)cc3)nc2c1. The minimum Gasteiger partial charge on any atom is -0.399 e. The van der Waals surface area contributed by atoms with Gasteiger partial charge in [-0.3, -0.25) is 0 Å². The van der Waals surface area contributed by atoms with Crippen LogP contribution in [0.1, 0.15) is 11.3 Å². The molecule has 0 unspecified atom stereocenters. The number of hydrogen-bond donors (Lipinski definition) is 1. The summed E-state index contributed by atoms with van der Waals surface area (Å²) in [5, 5.41) is 0. The zero-order chi connectivity index (χ0) is 12.7. The van der Waals surface area contributed by atoms with Crippen molar-refractivity contribution in [1.82, 2.24) is 9.38 Å². The van der Waals surface area contributed by atoms with Gasteiger partial charge in [0.05, 0.1) is 5.69 Å². The Balaban J connectivity index is 2.23. The van der Waals surface area contributed by atoms with E-state index >= 15 is 0 Å². The van der Waals surface area contributed by atoms with Crippen molar-refractivity contribution in [2.75, 3.05) is 5.73 Å². The molecule has 90 valence electrons. The van der Waals surface area contributed by atoms with Crippen molar-refractivity contribution in [2.24, 2.45) is 0 Å². The lowest BCUT2D eigenvalue weighted by Gasteiger charge is -2.00. The molecule has 0 atom stereocenters. The van der Waals surface area contributed by atoms with Crippen LogP contribution in [0.2, 0.25) is 0 Å². The molecule has 0 spiro atoms. The van der Waals surface area contributed by atoms with Crippen LogP contribution in [-0.2, 0) is 0 Å². The molecule has 0 radical (unpaired) electrons. The first kappa shape index (κ1) is 10.8. The van der Waals surface area contributed by atoms with E-state index < -0.39 is 0 Å². The minimum absolute atomic E-state index is 0.774. The highest BCUT2D eigenvalue weighted by Gasteiger charge is 2.09. The maximum Gasteiger partial charge on any atom is 0.137 e. The maximum atomic E-state index is 5.71. The van der Waals surface area contributed by atoms with E-state index in [0.29, 0.717) is 0 Å². The van der Waals surface area contributed by atoms with E-state index in [1.54, 1.807) is 0 Å². The fourth-order valence-electron chi connectivity index (χ4n) is 2.18. The van der Waals surface area contributed by atoms with Gasteiger partial charge < -0.3 is 10.1 Å². The predicted molar refractivity (Wildman–Crippen MR) is 74.5 cm³/mol. The zero-order valence-electron chi connectivity index (χ0n) is 10.5. The lowest BCUT2D eigenvalue weighted by molar-refractivity contribution is 1.10. The fraction of sp³-hybridized carbons (Fsp3) is 0.133. The summed E-state index contributed by atoms with van der Waals surface area (Å²) in [6.45, 7) is 4.16. The largest absolute Gasteiger partial charge is 0.399 e. The minimum atomic E-state index is 0.774. The molecule has 0 aliphatic rings. The highest BCUT2D eigenvalue weighted by Crippen LogP contribution is 2.24. The number of aromatic nitrogens is 2. The van der Waals surface area contributed by atoms with Gasteiger partial charge in [0, 0.05) is 23.1 Å². The van der Waals surface area contributed by atoms with Crippen molar-refractivity contribution in [2.45, 2.75) is 13.8 Å². The third kappa shape index (κ3) is 1.64. The zero-order valence-corrected chi connectivity index (χ0v) is 10.5. The summed E-state index contributed by atoms with van der Waals surface area (Å²) in [4.78, 5) is 4.70. The number of nitrogen functional groups attached to an aromatic ring is 1. The number of nitrogens with two attached hydrogens (primary N) is 1. The average molecular weight is 237 g/mol. The molecular formula is C15H15N3. The Labute approximate surface area is 106 Å². The van der Waals surface area contributed by atoms with Gasteiger partial charge in [-0.1, -0.05) is 12.1 Å². The van der Waals surface area contributed by atoms with E-state index in [2.05, 4.69) is 36.6 Å². The quantitative estimate of drug-likeness (QED) is 0.660. The number of aryl methyl sites for hydroxylation is 2. The van der Waals surface area contributed by atoms with Gasteiger partial charge in [0.2, 0.25) is 0 Å². The summed E-state index contributed by atoms with van der Waals surface area (Å²) in [7, 11) is 0. The molecule has 18 heavy (non-hydrogen) atoms. The lowest BCUT2D eigenvalue weighted by Crippen LogP contribution is -1.88. The maximum absolute atomic E-state index is 5.71. The molecule has 0 aliphatic heterocycles. The van der Waals surface area contributed by atoms with Crippen LogP contribution in [-0.4, -0.2) is 9.38 Å². The monoisotopic (exact) mass is 237 g/mol. The van der Waals surface area contributed by atoms with Crippen LogP contribution in [0.5, 0.6) is 0 Å². The van der Waals surface area contributed by atoms with Gasteiger partial charge in [0.25, 0.3) is 0 Å². The van der Waals surface area contributed by atoms with Gasteiger partial charge in [-0.2, -0.15) is 0 Å². The highest BCUT2D eigenvalue weighted by molar-refractivity contribution is 5.68. The summed E-state index contributed by atoms with van der Waals surface area (Å²) in [6.07, 6.45) is 2.06. The van der Waals surface area contributed by atoms with Crippen molar-refractivity contribution in [1.29, 1.82) is 0 Å². The van der Waals surface area contributed by atoms with Gasteiger partial charge in [0.1, 0.15) is 5.65 Å². The van der Waals surface area contributed by atoms with Gasteiger partial charge in [-0.05, 0) is 43.7 Å². The van der Waals surface area contributed by atoms with Crippen LogP contribution in [0.3, 0.4) is 0 Å². The number of anilines is 1. The van der Waals surface area contributed by atoms with E-state index in [1.807, 2.05) is 24.3 Å². The summed E-state index contributed by atoms with van der Waals surface area (Å²) in [5.74, 6) is 0. The molecule has 0 bridgehead atoms. The molecule has 0 saturated heterocycles. The van der Waals surface area contributed by atoms with Crippen LogP contribution >= 0.6 is 0 Å². The van der Waals surface area contributed by atoms with E-state index in [4.69, 9.17) is 10.7 Å². The number of nitrogens with zero attached hydrogens (tertiary/aromatic N) is 2. The van der Waals surface area contributed by atoms with Crippen LogP contribution in [0, 0.1) is 13.8 Å². The highest BCUT2D eigenvalue weighted by atomic mass is 15.0. The van der Waals surface area contributed by atoms with Crippen molar-refractivity contribution in [3.8, 4) is 11.3 Å². The first-order valence-corrected chi connectivity index (χ1v) is 5.96. The Kier molecular flexibility index (Phi) is 2.33. The fourth-order valence-corrected chi connectivity index (χ4v) is 2.18. The molecule has 0 fully saturated rings. The average Bonchev–Trinajstić information content (AvgIpc) is 2.67. The third-order valence-corrected chi connectivity index (χ3v) is 3.20. The van der Waals surface area contributed by atoms with Gasteiger partial charge in [-0.25, -0.2) is 4.98 Å². The first-order chi connectivity index (χ1) is 8.65. The van der Waals surface area contributed by atoms with Crippen molar-refractivity contribution >= 4 is 11.3 Å². The molecule has 3 aromatic rings. The predicted octanol–water partition coefficient (Wildman–Crippen LogP) is 3.20. The van der Waals surface area contributed by atoms with Crippen LogP contribution in [0.4, 0.5) is 5.69 Å². The Hall–Kier alpha value is -2.29. The lowest BCUT2D eigenvalue weighted by atomic mass is 10.1. The van der Waals surface area contributed by atoms with E-state index in [0.717, 1.165) is 28.3 Å². The van der Waals surface area contributed by atoms with E-state index in [9.17, 15) is 0 Å². The molecule has 3 heteroatoms. The van der Waals surface area contributed by atoms with Crippen LogP contribution in [0.15, 0.2) is 42.6 Å². The molecule has 1 aromatic carbocycles. The molecule has 2 heterocycles. The molecule has 0 saturated carbocycles. The molecule has 0 aliphatic carbocycles. The molecular weight excluding hydrogens is 222 g/mol. The number of rotatable bonds is 1. The van der Waals surface area contributed by atoms with Crippen molar-refractivity contribution in [3.05, 3.63) is 53.9 Å². The molecule has 0 amide bonds. The second-order valence-corrected chi connectivity index (χ2v) is 4.60. The second-order valence-electron chi connectivity index (χ2n) is 4.60. The summed E-state index contributed by atoms with van der Waals surface area (Å²) in [6, 6.07) is 12.0. The number of hydrogen-bond acceptors (Lipinski definition) is 2. The van der Waals surface area contributed by atoms with Gasteiger partial charge >= 0.3 is 0 Å². The number of benzene rings is 1. The summed E-state index contributed by atoms with van der Waals surface area (Å²) >= 11 is 0.